The van der Waals surface area contributed by atoms with Crippen LogP contribution in [0.2, 0.25) is 0 Å². The van der Waals surface area contributed by atoms with Gasteiger partial charge < -0.3 is 10.4 Å². The molecule has 0 unspecified atom stereocenters. The van der Waals surface area contributed by atoms with E-state index >= 15 is 0 Å². The summed E-state index contributed by atoms with van der Waals surface area (Å²) in [5, 5.41) is 12.8. The summed E-state index contributed by atoms with van der Waals surface area (Å²) in [6.45, 7) is 0. The molecule has 0 fully saturated rings. The number of nitrogens with zero attached hydrogens (tertiary/aromatic N) is 2. The molecule has 1 atom stereocenters. The number of carboxylic acid groups (broad SMARTS) is 1. The summed E-state index contributed by atoms with van der Waals surface area (Å²) in [6, 6.07) is 24.4. The van der Waals surface area contributed by atoms with Crippen molar-refractivity contribution in [1.29, 1.82) is 0 Å². The fourth-order valence-corrected chi connectivity index (χ4v) is 3.47. The van der Waals surface area contributed by atoms with Crippen LogP contribution in [0.4, 0.5) is 10.2 Å². The smallest absolute Gasteiger partial charge is 0.326 e. The molecule has 1 heterocycles. The third-order valence-corrected chi connectivity index (χ3v) is 5.07. The molecule has 0 aliphatic heterocycles. The predicted molar refractivity (Wildman–Crippen MR) is 122 cm³/mol. The molecule has 2 N–H and O–H groups in total. The molecule has 5 nitrogen and oxygen atoms in total. The molecule has 32 heavy (non-hydrogen) atoms. The first-order chi connectivity index (χ1) is 15.6. The maximum absolute atomic E-state index is 13.7. The molecule has 4 rings (SSSR count). The van der Waals surface area contributed by atoms with Gasteiger partial charge in [0.25, 0.3) is 0 Å². The van der Waals surface area contributed by atoms with E-state index in [1.165, 1.54) is 12.1 Å². The van der Waals surface area contributed by atoms with Gasteiger partial charge in [-0.05, 0) is 23.3 Å². The lowest BCUT2D eigenvalue weighted by atomic mass is 10.0. The quantitative estimate of drug-likeness (QED) is 0.415. The van der Waals surface area contributed by atoms with Crippen LogP contribution in [0.3, 0.4) is 0 Å². The summed E-state index contributed by atoms with van der Waals surface area (Å²) < 4.78 is 13.7. The van der Waals surface area contributed by atoms with Gasteiger partial charge in [-0.25, -0.2) is 19.2 Å². The number of rotatable bonds is 8. The molecule has 0 saturated heterocycles. The van der Waals surface area contributed by atoms with Crippen molar-refractivity contribution in [1.82, 2.24) is 9.97 Å². The van der Waals surface area contributed by atoms with Gasteiger partial charge in [0.15, 0.2) is 0 Å². The number of aromatic nitrogens is 2. The Morgan fingerprint density at radius 2 is 1.62 bits per heavy atom. The van der Waals surface area contributed by atoms with E-state index in [-0.39, 0.29) is 12.2 Å². The minimum atomic E-state index is -0.987. The largest absolute Gasteiger partial charge is 0.480 e. The van der Waals surface area contributed by atoms with Crippen molar-refractivity contribution in [3.8, 4) is 11.3 Å². The summed E-state index contributed by atoms with van der Waals surface area (Å²) in [5.74, 6) is -0.951. The first kappa shape index (κ1) is 21.2. The monoisotopic (exact) mass is 427 g/mol. The molecule has 0 bridgehead atoms. The predicted octanol–water partition coefficient (Wildman–Crippen LogP) is 4.98. The van der Waals surface area contributed by atoms with E-state index in [4.69, 9.17) is 4.98 Å². The van der Waals surface area contributed by atoms with Crippen molar-refractivity contribution < 1.29 is 14.3 Å². The van der Waals surface area contributed by atoms with Crippen LogP contribution in [0, 0.1) is 5.82 Å². The van der Waals surface area contributed by atoms with E-state index in [1.54, 1.807) is 12.3 Å². The molecule has 0 aliphatic carbocycles. The molecule has 4 aromatic rings. The number of nitrogens with one attached hydrogen (secondary N) is 1. The van der Waals surface area contributed by atoms with E-state index < -0.39 is 12.0 Å². The van der Waals surface area contributed by atoms with E-state index in [0.29, 0.717) is 23.6 Å². The second-order valence-electron chi connectivity index (χ2n) is 7.45. The van der Waals surface area contributed by atoms with Crippen LogP contribution >= 0.6 is 0 Å². The van der Waals surface area contributed by atoms with Gasteiger partial charge >= 0.3 is 5.97 Å². The van der Waals surface area contributed by atoms with Gasteiger partial charge in [-0.2, -0.15) is 0 Å². The normalized spacial score (nSPS) is 11.7. The summed E-state index contributed by atoms with van der Waals surface area (Å²) >= 11 is 0. The van der Waals surface area contributed by atoms with Crippen LogP contribution in [0.5, 0.6) is 0 Å². The fraction of sp³-hybridized carbons (Fsp3) is 0.115. The number of aliphatic carboxylic acids is 1. The zero-order valence-electron chi connectivity index (χ0n) is 17.3. The fourth-order valence-electron chi connectivity index (χ4n) is 3.47. The van der Waals surface area contributed by atoms with Crippen molar-refractivity contribution >= 4 is 11.8 Å². The zero-order chi connectivity index (χ0) is 22.3. The van der Waals surface area contributed by atoms with Crippen LogP contribution in [0.15, 0.2) is 91.1 Å². The average Bonchev–Trinajstić information content (AvgIpc) is 2.81. The molecule has 0 amide bonds. The Morgan fingerprint density at radius 3 is 2.31 bits per heavy atom. The van der Waals surface area contributed by atoms with E-state index in [2.05, 4.69) is 10.3 Å². The number of benzene rings is 3. The van der Waals surface area contributed by atoms with Crippen LogP contribution in [0.1, 0.15) is 16.8 Å². The molecule has 3 aromatic carbocycles. The van der Waals surface area contributed by atoms with Crippen LogP contribution in [0.25, 0.3) is 11.3 Å². The number of carboxylic acids is 1. The van der Waals surface area contributed by atoms with Crippen molar-refractivity contribution in [3.63, 3.8) is 0 Å². The molecule has 0 spiro atoms. The summed E-state index contributed by atoms with van der Waals surface area (Å²) in [7, 11) is 0. The number of carbonyl (C=O) groups is 1. The lowest BCUT2D eigenvalue weighted by Crippen LogP contribution is -2.32. The topological polar surface area (TPSA) is 75.1 Å². The number of anilines is 1. The lowest BCUT2D eigenvalue weighted by molar-refractivity contribution is -0.137. The second-order valence-corrected chi connectivity index (χ2v) is 7.45. The zero-order valence-corrected chi connectivity index (χ0v) is 17.3. The highest BCUT2D eigenvalue weighted by atomic mass is 19.1. The Labute approximate surface area is 185 Å². The van der Waals surface area contributed by atoms with Crippen molar-refractivity contribution in [3.05, 3.63) is 114 Å². The van der Waals surface area contributed by atoms with Gasteiger partial charge in [0, 0.05) is 18.4 Å². The van der Waals surface area contributed by atoms with Gasteiger partial charge in [0.1, 0.15) is 17.7 Å². The Bertz CT molecular complexity index is 1200. The number of hydrogen-bond donors (Lipinski definition) is 2. The summed E-state index contributed by atoms with van der Waals surface area (Å²) in [5.41, 5.74) is 3.73. The molecule has 0 aliphatic rings. The number of halogens is 1. The van der Waals surface area contributed by atoms with Crippen LogP contribution in [-0.2, 0) is 17.6 Å². The van der Waals surface area contributed by atoms with Crippen LogP contribution < -0.4 is 5.32 Å². The Kier molecular flexibility index (Phi) is 6.51. The molecule has 0 saturated carbocycles. The summed E-state index contributed by atoms with van der Waals surface area (Å²) in [6.07, 6.45) is 2.22. The third kappa shape index (κ3) is 5.35. The SMILES string of the molecule is O=C(O)[C@H](Cc1ccccc1)Nc1ncc(-c2ccccc2)nc1Cc1cccc(F)c1. The summed E-state index contributed by atoms with van der Waals surface area (Å²) in [4.78, 5) is 21.2. The standard InChI is InChI=1S/C26H22FN3O2/c27-21-13-7-10-19(14-21)16-22-25(28-17-24(29-22)20-11-5-2-6-12-20)30-23(26(31)32)15-18-8-3-1-4-9-18/h1-14,17,23H,15-16H2,(H,28,30)(H,31,32)/t23-/m0/s1. The highest BCUT2D eigenvalue weighted by molar-refractivity contribution is 5.77. The molecule has 160 valence electrons. The molecule has 0 radical (unpaired) electrons. The van der Waals surface area contributed by atoms with Gasteiger partial charge in [0.05, 0.1) is 17.6 Å². The van der Waals surface area contributed by atoms with Gasteiger partial charge in [-0.15, -0.1) is 0 Å². The molecular formula is C26H22FN3O2. The Hall–Kier alpha value is -4.06. The minimum absolute atomic E-state index is 0.289. The van der Waals surface area contributed by atoms with Gasteiger partial charge in [-0.1, -0.05) is 72.8 Å². The van der Waals surface area contributed by atoms with Gasteiger partial charge in [-0.3, -0.25) is 0 Å². The van der Waals surface area contributed by atoms with Gasteiger partial charge in [0.2, 0.25) is 0 Å². The van der Waals surface area contributed by atoms with Crippen LogP contribution in [-0.4, -0.2) is 27.1 Å². The highest BCUT2D eigenvalue weighted by Crippen LogP contribution is 2.23. The Morgan fingerprint density at radius 1 is 0.938 bits per heavy atom. The second kappa shape index (κ2) is 9.83. The highest BCUT2D eigenvalue weighted by Gasteiger charge is 2.21. The molecule has 1 aromatic heterocycles. The van der Waals surface area contributed by atoms with E-state index in [0.717, 1.165) is 16.7 Å². The lowest BCUT2D eigenvalue weighted by Gasteiger charge is -2.18. The first-order valence-corrected chi connectivity index (χ1v) is 10.3. The van der Waals surface area contributed by atoms with Crippen molar-refractivity contribution in [2.45, 2.75) is 18.9 Å². The van der Waals surface area contributed by atoms with Crippen molar-refractivity contribution in [2.24, 2.45) is 0 Å². The maximum atomic E-state index is 13.7. The van der Waals surface area contributed by atoms with E-state index in [1.807, 2.05) is 66.7 Å². The third-order valence-electron chi connectivity index (χ3n) is 5.07. The molecular weight excluding hydrogens is 405 g/mol. The average molecular weight is 427 g/mol. The Balaban J connectivity index is 1.68. The number of hydrogen-bond acceptors (Lipinski definition) is 4. The minimum Gasteiger partial charge on any atom is -0.480 e. The van der Waals surface area contributed by atoms with E-state index in [9.17, 15) is 14.3 Å². The maximum Gasteiger partial charge on any atom is 0.326 e. The van der Waals surface area contributed by atoms with Crippen molar-refractivity contribution in [2.75, 3.05) is 5.32 Å². The first-order valence-electron chi connectivity index (χ1n) is 10.3. The molecule has 6 heteroatoms.